The molecule has 2 aromatic heterocycles. The largest absolute Gasteiger partial charge is 0.350 e. The molecular formula is C15H13ClN6. The van der Waals surface area contributed by atoms with E-state index in [-0.39, 0.29) is 5.28 Å². The Hall–Kier alpha value is -2.73. The van der Waals surface area contributed by atoms with Gasteiger partial charge >= 0.3 is 0 Å². The quantitative estimate of drug-likeness (QED) is 0.753. The van der Waals surface area contributed by atoms with E-state index in [1.54, 1.807) is 12.4 Å². The SMILES string of the molecule is Clc1nc(NCc2cccnc2)nc(Nc2ccccc2)n1. The predicted octanol–water partition coefficient (Wildman–Crippen LogP) is 3.28. The molecular weight excluding hydrogens is 300 g/mol. The van der Waals surface area contributed by atoms with E-state index in [9.17, 15) is 0 Å². The van der Waals surface area contributed by atoms with Gasteiger partial charge in [0.1, 0.15) is 0 Å². The second-order valence-electron chi connectivity index (χ2n) is 4.46. The lowest BCUT2D eigenvalue weighted by molar-refractivity contribution is 1.00. The Balaban J connectivity index is 1.72. The zero-order valence-electron chi connectivity index (χ0n) is 11.6. The van der Waals surface area contributed by atoms with Crippen molar-refractivity contribution in [2.45, 2.75) is 6.54 Å². The summed E-state index contributed by atoms with van der Waals surface area (Å²) >= 11 is 5.94. The molecule has 0 atom stereocenters. The van der Waals surface area contributed by atoms with E-state index in [4.69, 9.17) is 11.6 Å². The summed E-state index contributed by atoms with van der Waals surface area (Å²) in [6.07, 6.45) is 3.50. The van der Waals surface area contributed by atoms with Crippen molar-refractivity contribution in [1.82, 2.24) is 19.9 Å². The second-order valence-corrected chi connectivity index (χ2v) is 4.80. The number of hydrogen-bond donors (Lipinski definition) is 2. The Kier molecular flexibility index (Phi) is 4.41. The number of aromatic nitrogens is 4. The molecule has 6 nitrogen and oxygen atoms in total. The maximum Gasteiger partial charge on any atom is 0.233 e. The number of pyridine rings is 1. The maximum atomic E-state index is 5.94. The van der Waals surface area contributed by atoms with E-state index in [2.05, 4.69) is 30.6 Å². The molecule has 0 aliphatic rings. The summed E-state index contributed by atoms with van der Waals surface area (Å²) < 4.78 is 0. The number of nitrogens with one attached hydrogen (secondary N) is 2. The van der Waals surface area contributed by atoms with Crippen LogP contribution in [0.3, 0.4) is 0 Å². The van der Waals surface area contributed by atoms with E-state index >= 15 is 0 Å². The number of anilines is 3. The van der Waals surface area contributed by atoms with E-state index in [1.807, 2.05) is 42.5 Å². The van der Waals surface area contributed by atoms with Crippen molar-refractivity contribution < 1.29 is 0 Å². The molecule has 0 aliphatic heterocycles. The first kappa shape index (κ1) is 14.2. The van der Waals surface area contributed by atoms with Crippen molar-refractivity contribution in [3.8, 4) is 0 Å². The topological polar surface area (TPSA) is 75.6 Å². The lowest BCUT2D eigenvalue weighted by atomic mass is 10.3. The molecule has 2 heterocycles. The van der Waals surface area contributed by atoms with Gasteiger partial charge in [-0.1, -0.05) is 24.3 Å². The van der Waals surface area contributed by atoms with Crippen molar-refractivity contribution in [1.29, 1.82) is 0 Å². The number of hydrogen-bond acceptors (Lipinski definition) is 6. The first-order chi connectivity index (χ1) is 10.8. The summed E-state index contributed by atoms with van der Waals surface area (Å²) in [5.74, 6) is 0.794. The third-order valence-electron chi connectivity index (χ3n) is 2.81. The van der Waals surface area contributed by atoms with Gasteiger partial charge in [-0.15, -0.1) is 0 Å². The molecule has 0 radical (unpaired) electrons. The first-order valence-electron chi connectivity index (χ1n) is 6.66. The summed E-state index contributed by atoms with van der Waals surface area (Å²) in [5, 5.41) is 6.31. The molecule has 2 N–H and O–H groups in total. The van der Waals surface area contributed by atoms with Crippen molar-refractivity contribution in [3.05, 3.63) is 65.7 Å². The highest BCUT2D eigenvalue weighted by molar-refractivity contribution is 6.28. The fourth-order valence-corrected chi connectivity index (χ4v) is 1.98. The van der Waals surface area contributed by atoms with Gasteiger partial charge in [-0.2, -0.15) is 15.0 Å². The minimum Gasteiger partial charge on any atom is -0.350 e. The Bertz CT molecular complexity index is 736. The van der Waals surface area contributed by atoms with Crippen LogP contribution in [-0.4, -0.2) is 19.9 Å². The molecule has 0 amide bonds. The summed E-state index contributed by atoms with van der Waals surface area (Å²) in [7, 11) is 0. The standard InChI is InChI=1S/C15H13ClN6/c16-13-20-14(18-10-11-5-4-8-17-9-11)22-15(21-13)19-12-6-2-1-3-7-12/h1-9H,10H2,(H2,18,19,20,21,22). The van der Waals surface area contributed by atoms with Gasteiger partial charge in [0, 0.05) is 24.6 Å². The van der Waals surface area contributed by atoms with E-state index in [1.165, 1.54) is 0 Å². The van der Waals surface area contributed by atoms with Crippen LogP contribution >= 0.6 is 11.6 Å². The highest BCUT2D eigenvalue weighted by Crippen LogP contribution is 2.15. The highest BCUT2D eigenvalue weighted by Gasteiger charge is 2.05. The van der Waals surface area contributed by atoms with Gasteiger partial charge in [-0.25, -0.2) is 0 Å². The average Bonchev–Trinajstić information content (AvgIpc) is 2.54. The zero-order chi connectivity index (χ0) is 15.2. The molecule has 110 valence electrons. The van der Waals surface area contributed by atoms with Crippen molar-refractivity contribution in [3.63, 3.8) is 0 Å². The molecule has 3 aromatic rings. The molecule has 0 spiro atoms. The van der Waals surface area contributed by atoms with Gasteiger partial charge in [0.25, 0.3) is 0 Å². The number of para-hydroxylation sites is 1. The molecule has 0 saturated heterocycles. The third kappa shape index (κ3) is 3.89. The van der Waals surface area contributed by atoms with E-state index in [0.29, 0.717) is 18.4 Å². The van der Waals surface area contributed by atoms with Crippen molar-refractivity contribution in [2.75, 3.05) is 10.6 Å². The molecule has 7 heteroatoms. The van der Waals surface area contributed by atoms with Crippen LogP contribution in [0.1, 0.15) is 5.56 Å². The van der Waals surface area contributed by atoms with Crippen LogP contribution in [0, 0.1) is 0 Å². The van der Waals surface area contributed by atoms with Crippen LogP contribution in [0.2, 0.25) is 5.28 Å². The van der Waals surface area contributed by atoms with Crippen LogP contribution in [0.4, 0.5) is 17.6 Å². The molecule has 0 unspecified atom stereocenters. The predicted molar refractivity (Wildman–Crippen MR) is 86.1 cm³/mol. The number of benzene rings is 1. The molecule has 1 aromatic carbocycles. The zero-order valence-corrected chi connectivity index (χ0v) is 12.3. The fourth-order valence-electron chi connectivity index (χ4n) is 1.82. The monoisotopic (exact) mass is 312 g/mol. The Morgan fingerprint density at radius 2 is 1.73 bits per heavy atom. The molecule has 22 heavy (non-hydrogen) atoms. The summed E-state index contributed by atoms with van der Waals surface area (Å²) in [4.78, 5) is 16.5. The first-order valence-corrected chi connectivity index (χ1v) is 7.04. The summed E-state index contributed by atoms with van der Waals surface area (Å²) in [6.45, 7) is 0.555. The van der Waals surface area contributed by atoms with Crippen LogP contribution in [0.5, 0.6) is 0 Å². The van der Waals surface area contributed by atoms with Gasteiger partial charge in [0.2, 0.25) is 17.2 Å². The Labute approximate surface area is 132 Å². The molecule has 3 rings (SSSR count). The van der Waals surface area contributed by atoms with Gasteiger partial charge in [0.05, 0.1) is 0 Å². The molecule has 0 fully saturated rings. The smallest absolute Gasteiger partial charge is 0.233 e. The average molecular weight is 313 g/mol. The fraction of sp³-hybridized carbons (Fsp3) is 0.0667. The van der Waals surface area contributed by atoms with Crippen LogP contribution in [0.15, 0.2) is 54.9 Å². The lowest BCUT2D eigenvalue weighted by Crippen LogP contribution is -2.07. The summed E-state index contributed by atoms with van der Waals surface area (Å²) in [6, 6.07) is 13.5. The van der Waals surface area contributed by atoms with Gasteiger partial charge in [-0.05, 0) is 35.4 Å². The van der Waals surface area contributed by atoms with Crippen molar-refractivity contribution in [2.24, 2.45) is 0 Å². The highest BCUT2D eigenvalue weighted by atomic mass is 35.5. The number of nitrogens with zero attached hydrogens (tertiary/aromatic N) is 4. The van der Waals surface area contributed by atoms with Crippen LogP contribution in [0.25, 0.3) is 0 Å². The second kappa shape index (κ2) is 6.82. The van der Waals surface area contributed by atoms with Gasteiger partial charge in [-0.3, -0.25) is 4.98 Å². The normalized spacial score (nSPS) is 10.2. The van der Waals surface area contributed by atoms with E-state index < -0.39 is 0 Å². The summed E-state index contributed by atoms with van der Waals surface area (Å²) in [5.41, 5.74) is 1.90. The minimum absolute atomic E-state index is 0.127. The van der Waals surface area contributed by atoms with Crippen molar-refractivity contribution >= 4 is 29.2 Å². The lowest BCUT2D eigenvalue weighted by Gasteiger charge is -2.08. The third-order valence-corrected chi connectivity index (χ3v) is 2.98. The Morgan fingerprint density at radius 3 is 2.50 bits per heavy atom. The van der Waals surface area contributed by atoms with Gasteiger partial charge in [0.15, 0.2) is 0 Å². The molecule has 0 aliphatic carbocycles. The van der Waals surface area contributed by atoms with Gasteiger partial charge < -0.3 is 10.6 Å². The van der Waals surface area contributed by atoms with Crippen LogP contribution < -0.4 is 10.6 Å². The molecule has 0 saturated carbocycles. The minimum atomic E-state index is 0.127. The number of halogens is 1. The van der Waals surface area contributed by atoms with E-state index in [0.717, 1.165) is 11.3 Å². The molecule has 0 bridgehead atoms. The Morgan fingerprint density at radius 1 is 0.909 bits per heavy atom. The maximum absolute atomic E-state index is 5.94. The number of rotatable bonds is 5. The van der Waals surface area contributed by atoms with Crippen LogP contribution in [-0.2, 0) is 6.54 Å².